The molecule has 36 heavy (non-hydrogen) atoms. The van der Waals surface area contributed by atoms with Crippen LogP contribution in [0.25, 0.3) is 22.3 Å². The second kappa shape index (κ2) is 11.0. The summed E-state index contributed by atoms with van der Waals surface area (Å²) in [7, 11) is 0. The van der Waals surface area contributed by atoms with Gasteiger partial charge >= 0.3 is 5.97 Å². The molecule has 8 heteroatoms. The third kappa shape index (κ3) is 5.55. The van der Waals surface area contributed by atoms with E-state index in [0.29, 0.717) is 13.1 Å². The highest BCUT2D eigenvalue weighted by Crippen LogP contribution is 2.28. The van der Waals surface area contributed by atoms with Crippen LogP contribution in [0.5, 0.6) is 0 Å². The molecule has 0 bridgehead atoms. The number of ether oxygens (including phenoxy) is 1. The molecule has 0 aliphatic carbocycles. The predicted octanol–water partition coefficient (Wildman–Crippen LogP) is 4.51. The van der Waals surface area contributed by atoms with Crippen molar-refractivity contribution >= 4 is 35.0 Å². The number of hydrogen-bond donors (Lipinski definition) is 0. The van der Waals surface area contributed by atoms with Gasteiger partial charge < -0.3 is 14.5 Å². The van der Waals surface area contributed by atoms with Gasteiger partial charge in [-0.05, 0) is 41.8 Å². The maximum atomic E-state index is 12.6. The molecule has 0 spiro atoms. The summed E-state index contributed by atoms with van der Waals surface area (Å²) in [5.74, 6) is -0.739. The second-order valence-electron chi connectivity index (χ2n) is 8.33. The Morgan fingerprint density at radius 2 is 1.58 bits per heavy atom. The van der Waals surface area contributed by atoms with E-state index >= 15 is 0 Å². The van der Waals surface area contributed by atoms with Crippen LogP contribution in [0.15, 0.2) is 90.4 Å². The quantitative estimate of drug-likeness (QED) is 0.277. The average molecular weight is 499 g/mol. The minimum absolute atomic E-state index is 0.180. The molecule has 0 radical (unpaired) electrons. The molecular weight excluding hydrogens is 472 g/mol. The van der Waals surface area contributed by atoms with Crippen LogP contribution in [0.4, 0.5) is 5.69 Å². The summed E-state index contributed by atoms with van der Waals surface area (Å²) in [5, 5.41) is 6.71. The van der Waals surface area contributed by atoms with Crippen LogP contribution < -0.4 is 4.90 Å². The van der Waals surface area contributed by atoms with E-state index in [2.05, 4.69) is 17.0 Å². The number of thiophene rings is 1. The van der Waals surface area contributed by atoms with Crippen molar-refractivity contribution in [2.24, 2.45) is 0 Å². The van der Waals surface area contributed by atoms with Gasteiger partial charge in [0, 0.05) is 49.7 Å². The molecule has 182 valence electrons. The Bertz CT molecular complexity index is 1330. The Hall–Kier alpha value is -4.17. The fourth-order valence-electron chi connectivity index (χ4n) is 4.11. The molecule has 1 aliphatic heterocycles. The molecule has 3 heterocycles. The first kappa shape index (κ1) is 23.6. The highest BCUT2D eigenvalue weighted by Gasteiger charge is 2.22. The summed E-state index contributed by atoms with van der Waals surface area (Å²) in [6, 6.07) is 23.9. The first-order valence-electron chi connectivity index (χ1n) is 11.8. The maximum Gasteiger partial charge on any atom is 0.331 e. The number of piperazine rings is 1. The largest absolute Gasteiger partial charge is 0.452 e. The number of rotatable bonds is 7. The summed E-state index contributed by atoms with van der Waals surface area (Å²) in [4.78, 5) is 30.0. The lowest BCUT2D eigenvalue weighted by Crippen LogP contribution is -2.49. The number of aromatic nitrogens is 2. The molecular formula is C28H26N4O3S. The van der Waals surface area contributed by atoms with Crippen molar-refractivity contribution < 1.29 is 14.3 Å². The number of benzene rings is 2. The van der Waals surface area contributed by atoms with Crippen LogP contribution in [-0.2, 0) is 14.3 Å². The Kier molecular flexibility index (Phi) is 7.23. The number of nitrogens with zero attached hydrogens (tertiary/aromatic N) is 4. The zero-order chi connectivity index (χ0) is 24.7. The van der Waals surface area contributed by atoms with Crippen molar-refractivity contribution in [1.29, 1.82) is 0 Å². The molecule has 0 atom stereocenters. The number of amides is 1. The molecule has 0 saturated carbocycles. The van der Waals surface area contributed by atoms with Crippen LogP contribution in [0.2, 0.25) is 0 Å². The lowest BCUT2D eigenvalue weighted by molar-refractivity contribution is -0.148. The van der Waals surface area contributed by atoms with Gasteiger partial charge in [-0.2, -0.15) is 5.10 Å². The SMILES string of the molecule is O=C(/C=C\c1cn(-c2ccccc2)nc1-c1cccs1)OCC(=O)N1CCN(c2ccccc2)CC1. The van der Waals surface area contributed by atoms with E-state index in [9.17, 15) is 9.59 Å². The topological polar surface area (TPSA) is 67.7 Å². The van der Waals surface area contributed by atoms with Gasteiger partial charge in [-0.1, -0.05) is 42.5 Å². The number of hydrogen-bond acceptors (Lipinski definition) is 6. The summed E-state index contributed by atoms with van der Waals surface area (Å²) in [5.41, 5.74) is 3.65. The van der Waals surface area contributed by atoms with Crippen molar-refractivity contribution in [2.75, 3.05) is 37.7 Å². The van der Waals surface area contributed by atoms with Crippen molar-refractivity contribution in [1.82, 2.24) is 14.7 Å². The van der Waals surface area contributed by atoms with E-state index in [0.717, 1.165) is 40.6 Å². The summed E-state index contributed by atoms with van der Waals surface area (Å²) in [6.07, 6.45) is 4.92. The van der Waals surface area contributed by atoms with Crippen molar-refractivity contribution in [2.45, 2.75) is 0 Å². The van der Waals surface area contributed by atoms with Crippen molar-refractivity contribution in [3.8, 4) is 16.3 Å². The zero-order valence-corrected chi connectivity index (χ0v) is 20.5. The molecule has 4 aromatic rings. The van der Waals surface area contributed by atoms with Gasteiger partial charge in [-0.25, -0.2) is 9.48 Å². The van der Waals surface area contributed by atoms with Crippen LogP contribution in [0.1, 0.15) is 5.56 Å². The molecule has 2 aromatic carbocycles. The summed E-state index contributed by atoms with van der Waals surface area (Å²) in [6.45, 7) is 2.44. The Balaban J connectivity index is 1.18. The Labute approximate surface area is 213 Å². The average Bonchev–Trinajstić information content (AvgIpc) is 3.62. The molecule has 0 unspecified atom stereocenters. The number of carbonyl (C=O) groups is 2. The van der Waals surface area contributed by atoms with Crippen LogP contribution in [0.3, 0.4) is 0 Å². The third-order valence-electron chi connectivity index (χ3n) is 6.01. The first-order chi connectivity index (χ1) is 17.7. The number of para-hydroxylation sites is 2. The smallest absolute Gasteiger partial charge is 0.331 e. The van der Waals surface area contributed by atoms with E-state index in [4.69, 9.17) is 9.84 Å². The zero-order valence-electron chi connectivity index (χ0n) is 19.7. The van der Waals surface area contributed by atoms with Gasteiger partial charge in [0.15, 0.2) is 6.61 Å². The van der Waals surface area contributed by atoms with Crippen molar-refractivity contribution in [3.63, 3.8) is 0 Å². The molecule has 7 nitrogen and oxygen atoms in total. The molecule has 1 fully saturated rings. The van der Waals surface area contributed by atoms with E-state index < -0.39 is 5.97 Å². The molecule has 0 N–H and O–H groups in total. The molecule has 1 saturated heterocycles. The maximum absolute atomic E-state index is 12.6. The fourth-order valence-corrected chi connectivity index (χ4v) is 4.84. The van der Waals surface area contributed by atoms with Gasteiger partial charge in [0.2, 0.25) is 0 Å². The Morgan fingerprint density at radius 1 is 0.889 bits per heavy atom. The molecule has 2 aromatic heterocycles. The normalized spacial score (nSPS) is 13.8. The van der Waals surface area contributed by atoms with E-state index in [1.165, 1.54) is 6.08 Å². The van der Waals surface area contributed by atoms with Crippen LogP contribution in [0, 0.1) is 0 Å². The molecule has 5 rings (SSSR count). The number of esters is 1. The number of anilines is 1. The van der Waals surface area contributed by atoms with Gasteiger partial charge in [-0.15, -0.1) is 11.3 Å². The highest BCUT2D eigenvalue weighted by atomic mass is 32.1. The van der Waals surface area contributed by atoms with Gasteiger partial charge in [-0.3, -0.25) is 4.79 Å². The minimum atomic E-state index is -0.559. The second-order valence-corrected chi connectivity index (χ2v) is 9.28. The first-order valence-corrected chi connectivity index (χ1v) is 12.7. The number of carbonyl (C=O) groups excluding carboxylic acids is 2. The van der Waals surface area contributed by atoms with E-state index in [1.807, 2.05) is 72.2 Å². The fraction of sp³-hybridized carbons (Fsp3) is 0.179. The highest BCUT2D eigenvalue weighted by molar-refractivity contribution is 7.13. The van der Waals surface area contributed by atoms with E-state index in [-0.39, 0.29) is 12.5 Å². The molecule has 1 amide bonds. The van der Waals surface area contributed by atoms with Crippen LogP contribution >= 0.6 is 11.3 Å². The lowest BCUT2D eigenvalue weighted by Gasteiger charge is -2.36. The van der Waals surface area contributed by atoms with Gasteiger partial charge in [0.1, 0.15) is 5.69 Å². The minimum Gasteiger partial charge on any atom is -0.452 e. The van der Waals surface area contributed by atoms with Gasteiger partial charge in [0.05, 0.1) is 10.6 Å². The molecule has 1 aliphatic rings. The van der Waals surface area contributed by atoms with Gasteiger partial charge in [0.25, 0.3) is 5.91 Å². The third-order valence-corrected chi connectivity index (χ3v) is 6.89. The standard InChI is InChI=1S/C28H26N4O3S/c33-26(31-17-15-30(16-18-31)23-8-3-1-4-9-23)21-35-27(34)14-13-22-20-32(24-10-5-2-6-11-24)29-28(22)25-12-7-19-36-25/h1-14,19-20H,15-18,21H2/b14-13-. The van der Waals surface area contributed by atoms with Crippen molar-refractivity contribution in [3.05, 3.63) is 96.0 Å². The van der Waals surface area contributed by atoms with E-state index in [1.54, 1.807) is 27.0 Å². The predicted molar refractivity (Wildman–Crippen MR) is 142 cm³/mol. The van der Waals surface area contributed by atoms with Crippen LogP contribution in [-0.4, -0.2) is 59.3 Å². The monoisotopic (exact) mass is 498 g/mol. The summed E-state index contributed by atoms with van der Waals surface area (Å²) < 4.78 is 7.05. The summed E-state index contributed by atoms with van der Waals surface area (Å²) >= 11 is 1.58. The Morgan fingerprint density at radius 3 is 2.25 bits per heavy atom. The lowest BCUT2D eigenvalue weighted by atomic mass is 10.2.